The van der Waals surface area contributed by atoms with Crippen molar-refractivity contribution in [3.8, 4) is 5.75 Å². The van der Waals surface area contributed by atoms with E-state index < -0.39 is 0 Å². The molecule has 1 aliphatic rings. The Kier molecular flexibility index (Phi) is 3.18. The second-order valence-electron chi connectivity index (χ2n) is 5.94. The zero-order chi connectivity index (χ0) is 15.2. The Balaban J connectivity index is 2.03. The fraction of sp³-hybridized carbons (Fsp3) is 0.235. The number of hydrogen-bond donors (Lipinski definition) is 1. The van der Waals surface area contributed by atoms with E-state index in [2.05, 4.69) is 13.8 Å². The molecule has 0 saturated heterocycles. The first-order valence-corrected chi connectivity index (χ1v) is 7.13. The van der Waals surface area contributed by atoms with E-state index in [1.807, 2.05) is 12.1 Å². The van der Waals surface area contributed by atoms with Crippen molar-refractivity contribution in [2.45, 2.75) is 19.3 Å². The zero-order valence-electron chi connectivity index (χ0n) is 11.9. The van der Waals surface area contributed by atoms with Gasteiger partial charge in [0, 0.05) is 32.8 Å². The molecule has 0 aliphatic carbocycles. The monoisotopic (exact) mass is 301 g/mol. The van der Waals surface area contributed by atoms with Crippen LogP contribution in [0.25, 0.3) is 0 Å². The number of rotatable bonds is 2. The number of ketones is 1. The predicted molar refractivity (Wildman–Crippen MR) is 84.3 cm³/mol. The summed E-state index contributed by atoms with van der Waals surface area (Å²) in [4.78, 5) is 12.6. The molecule has 2 aromatic rings. The standard InChI is InChI=1S/C17H16ClNO2/c1-17(2)9-21-15-6-3-10(7-13(15)17)16(20)12-5-4-11(18)8-14(12)19/h3-8H,9,19H2,1-2H3. The molecule has 2 N–H and O–H groups in total. The second-order valence-corrected chi connectivity index (χ2v) is 6.38. The fourth-order valence-electron chi connectivity index (χ4n) is 2.56. The summed E-state index contributed by atoms with van der Waals surface area (Å²) in [5, 5.41) is 0.521. The zero-order valence-corrected chi connectivity index (χ0v) is 12.7. The van der Waals surface area contributed by atoms with E-state index in [0.29, 0.717) is 28.4 Å². The van der Waals surface area contributed by atoms with E-state index in [1.54, 1.807) is 24.3 Å². The van der Waals surface area contributed by atoms with Crippen molar-refractivity contribution in [2.75, 3.05) is 12.3 Å². The van der Waals surface area contributed by atoms with Crippen molar-refractivity contribution in [1.29, 1.82) is 0 Å². The van der Waals surface area contributed by atoms with Crippen molar-refractivity contribution in [2.24, 2.45) is 0 Å². The quantitative estimate of drug-likeness (QED) is 0.677. The Labute approximate surface area is 128 Å². The number of nitrogen functional groups attached to an aromatic ring is 1. The van der Waals surface area contributed by atoms with Crippen LogP contribution in [0.15, 0.2) is 36.4 Å². The van der Waals surface area contributed by atoms with Gasteiger partial charge >= 0.3 is 0 Å². The molecule has 0 atom stereocenters. The Morgan fingerprint density at radius 3 is 2.71 bits per heavy atom. The summed E-state index contributed by atoms with van der Waals surface area (Å²) in [5.41, 5.74) is 8.34. The molecule has 0 spiro atoms. The lowest BCUT2D eigenvalue weighted by Gasteiger charge is -2.15. The van der Waals surface area contributed by atoms with Crippen LogP contribution in [0.1, 0.15) is 35.3 Å². The summed E-state index contributed by atoms with van der Waals surface area (Å²) in [5.74, 6) is 0.746. The van der Waals surface area contributed by atoms with Gasteiger partial charge in [0.15, 0.2) is 5.78 Å². The molecule has 0 amide bonds. The number of anilines is 1. The van der Waals surface area contributed by atoms with Crippen LogP contribution in [0, 0.1) is 0 Å². The molecule has 3 rings (SSSR count). The van der Waals surface area contributed by atoms with Crippen molar-refractivity contribution < 1.29 is 9.53 Å². The number of fused-ring (bicyclic) bond motifs is 1. The number of carbonyl (C=O) groups is 1. The van der Waals surface area contributed by atoms with Gasteiger partial charge in [-0.05, 0) is 36.4 Å². The smallest absolute Gasteiger partial charge is 0.195 e. The van der Waals surface area contributed by atoms with Crippen molar-refractivity contribution in [3.63, 3.8) is 0 Å². The average Bonchev–Trinajstić information content (AvgIpc) is 2.74. The highest BCUT2D eigenvalue weighted by molar-refractivity contribution is 6.31. The van der Waals surface area contributed by atoms with E-state index in [4.69, 9.17) is 22.1 Å². The normalized spacial score (nSPS) is 15.4. The predicted octanol–water partition coefficient (Wildman–Crippen LogP) is 3.82. The summed E-state index contributed by atoms with van der Waals surface area (Å²) in [6, 6.07) is 10.5. The first-order valence-electron chi connectivity index (χ1n) is 6.75. The summed E-state index contributed by atoms with van der Waals surface area (Å²) >= 11 is 5.87. The van der Waals surface area contributed by atoms with E-state index in [-0.39, 0.29) is 11.2 Å². The average molecular weight is 302 g/mol. The minimum Gasteiger partial charge on any atom is -0.492 e. The second kappa shape index (κ2) is 4.78. The molecule has 0 radical (unpaired) electrons. The first kappa shape index (κ1) is 14.0. The molecule has 4 heteroatoms. The number of halogens is 1. The molecule has 3 nitrogen and oxygen atoms in total. The maximum atomic E-state index is 12.6. The molecule has 0 aromatic heterocycles. The molecule has 0 saturated carbocycles. The van der Waals surface area contributed by atoms with Gasteiger partial charge in [-0.25, -0.2) is 0 Å². The van der Waals surface area contributed by atoms with Gasteiger partial charge in [0.1, 0.15) is 5.75 Å². The van der Waals surface area contributed by atoms with Crippen LogP contribution < -0.4 is 10.5 Å². The third-order valence-corrected chi connectivity index (χ3v) is 4.05. The summed E-state index contributed by atoms with van der Waals surface area (Å²) < 4.78 is 5.64. The lowest BCUT2D eigenvalue weighted by atomic mass is 9.85. The number of hydrogen-bond acceptors (Lipinski definition) is 3. The van der Waals surface area contributed by atoms with Crippen LogP contribution in [0.5, 0.6) is 5.75 Å². The Morgan fingerprint density at radius 1 is 1.24 bits per heavy atom. The molecule has 2 aromatic carbocycles. The Morgan fingerprint density at radius 2 is 2.00 bits per heavy atom. The highest BCUT2D eigenvalue weighted by Gasteiger charge is 2.32. The molecule has 108 valence electrons. The van der Waals surface area contributed by atoms with Crippen LogP contribution in [-0.2, 0) is 5.41 Å². The third kappa shape index (κ3) is 2.38. The van der Waals surface area contributed by atoms with Crippen molar-refractivity contribution >= 4 is 23.1 Å². The van der Waals surface area contributed by atoms with Crippen molar-refractivity contribution in [1.82, 2.24) is 0 Å². The van der Waals surface area contributed by atoms with Gasteiger partial charge in [-0.1, -0.05) is 25.4 Å². The topological polar surface area (TPSA) is 52.3 Å². The highest BCUT2D eigenvalue weighted by Crippen LogP contribution is 2.39. The molecule has 1 heterocycles. The van der Waals surface area contributed by atoms with Crippen LogP contribution in [-0.4, -0.2) is 12.4 Å². The van der Waals surface area contributed by atoms with Gasteiger partial charge < -0.3 is 10.5 Å². The van der Waals surface area contributed by atoms with Gasteiger partial charge in [0.25, 0.3) is 0 Å². The summed E-state index contributed by atoms with van der Waals surface area (Å²) in [6.07, 6.45) is 0. The van der Waals surface area contributed by atoms with E-state index in [9.17, 15) is 4.79 Å². The van der Waals surface area contributed by atoms with E-state index in [1.165, 1.54) is 0 Å². The number of benzene rings is 2. The number of ether oxygens (including phenoxy) is 1. The summed E-state index contributed by atoms with van der Waals surface area (Å²) in [6.45, 7) is 4.83. The molecule has 0 unspecified atom stereocenters. The fourth-order valence-corrected chi connectivity index (χ4v) is 2.74. The molecular weight excluding hydrogens is 286 g/mol. The van der Waals surface area contributed by atoms with Gasteiger partial charge in [-0.2, -0.15) is 0 Å². The molecule has 0 bridgehead atoms. The van der Waals surface area contributed by atoms with Gasteiger partial charge in [0.2, 0.25) is 0 Å². The molecule has 0 fully saturated rings. The third-order valence-electron chi connectivity index (χ3n) is 3.82. The van der Waals surface area contributed by atoms with Gasteiger partial charge in [0.05, 0.1) is 6.61 Å². The van der Waals surface area contributed by atoms with Crippen LogP contribution >= 0.6 is 11.6 Å². The highest BCUT2D eigenvalue weighted by atomic mass is 35.5. The maximum absolute atomic E-state index is 12.6. The molecule has 21 heavy (non-hydrogen) atoms. The number of nitrogens with two attached hydrogens (primary N) is 1. The SMILES string of the molecule is CC1(C)COc2ccc(C(=O)c3ccc(Cl)cc3N)cc21. The van der Waals surface area contributed by atoms with Crippen molar-refractivity contribution in [3.05, 3.63) is 58.1 Å². The van der Waals surface area contributed by atoms with Crippen LogP contribution in [0.2, 0.25) is 5.02 Å². The Bertz CT molecular complexity index is 738. The molecule has 1 aliphatic heterocycles. The number of carbonyl (C=O) groups excluding carboxylic acids is 1. The largest absolute Gasteiger partial charge is 0.492 e. The summed E-state index contributed by atoms with van der Waals surface area (Å²) in [7, 11) is 0. The van der Waals surface area contributed by atoms with E-state index in [0.717, 1.165) is 11.3 Å². The molecular formula is C17H16ClNO2. The first-order chi connectivity index (χ1) is 9.88. The maximum Gasteiger partial charge on any atom is 0.195 e. The minimum absolute atomic E-state index is 0.0861. The van der Waals surface area contributed by atoms with Gasteiger partial charge in [-0.3, -0.25) is 4.79 Å². The van der Waals surface area contributed by atoms with Gasteiger partial charge in [-0.15, -0.1) is 0 Å². The lowest BCUT2D eigenvalue weighted by Crippen LogP contribution is -2.18. The van der Waals surface area contributed by atoms with E-state index >= 15 is 0 Å². The minimum atomic E-state index is -0.102. The Hall–Kier alpha value is -2.00. The lowest BCUT2D eigenvalue weighted by molar-refractivity contribution is 0.103. The van der Waals surface area contributed by atoms with Crippen LogP contribution in [0.3, 0.4) is 0 Å². The van der Waals surface area contributed by atoms with Crippen LogP contribution in [0.4, 0.5) is 5.69 Å².